The number of fused-ring (bicyclic) bond motifs is 5. The van der Waals surface area contributed by atoms with Crippen LogP contribution in [0.15, 0.2) is 24.3 Å². The molecule has 2 fully saturated rings. The molecule has 1 saturated heterocycles. The van der Waals surface area contributed by atoms with Gasteiger partial charge in [-0.15, -0.1) is 0 Å². The predicted molar refractivity (Wildman–Crippen MR) is 89.1 cm³/mol. The van der Waals surface area contributed by atoms with E-state index in [1.165, 1.54) is 24.1 Å². The van der Waals surface area contributed by atoms with Gasteiger partial charge in [-0.1, -0.05) is 31.5 Å². The number of nitrogens with zero attached hydrogens (tertiary/aromatic N) is 1. The topological polar surface area (TPSA) is 32.3 Å². The van der Waals surface area contributed by atoms with Gasteiger partial charge < -0.3 is 10.2 Å². The van der Waals surface area contributed by atoms with Gasteiger partial charge in [-0.3, -0.25) is 4.79 Å². The van der Waals surface area contributed by atoms with Crippen LogP contribution in [0.25, 0.3) is 0 Å². The number of benzene rings is 1. The van der Waals surface area contributed by atoms with Gasteiger partial charge in [0.2, 0.25) is 0 Å². The van der Waals surface area contributed by atoms with E-state index in [9.17, 15) is 4.79 Å². The molecule has 5 atom stereocenters. The summed E-state index contributed by atoms with van der Waals surface area (Å²) >= 11 is 0. The maximum atomic E-state index is 12.9. The molecule has 2 bridgehead atoms. The Hall–Kier alpha value is -1.35. The van der Waals surface area contributed by atoms with Crippen LogP contribution in [0.1, 0.15) is 44.1 Å². The summed E-state index contributed by atoms with van der Waals surface area (Å²) in [6, 6.07) is 9.13. The van der Waals surface area contributed by atoms with Crippen LogP contribution in [0.2, 0.25) is 0 Å². The standard InChI is InChI=1S/C19H26N2O/c1-3-12-11-21(2)14-8-13(12)9-18(22)19-16(10-14)15-6-4-5-7-17(15)20-19/h4-7,12-14,16,19-20H,3,8-11H2,1-2H3. The van der Waals surface area contributed by atoms with Crippen molar-refractivity contribution in [3.05, 3.63) is 29.8 Å². The zero-order valence-corrected chi connectivity index (χ0v) is 13.6. The molecule has 0 aromatic heterocycles. The molecule has 3 nitrogen and oxygen atoms in total. The van der Waals surface area contributed by atoms with Crippen molar-refractivity contribution in [1.82, 2.24) is 4.90 Å². The molecule has 4 rings (SSSR count). The highest BCUT2D eigenvalue weighted by atomic mass is 16.1. The maximum Gasteiger partial charge on any atom is 0.155 e. The number of likely N-dealkylation sites (tertiary alicyclic amines) is 1. The third kappa shape index (κ3) is 2.18. The average Bonchev–Trinajstić information content (AvgIpc) is 2.87. The highest BCUT2D eigenvalue weighted by Crippen LogP contribution is 2.45. The van der Waals surface area contributed by atoms with Crippen LogP contribution in [-0.2, 0) is 4.79 Å². The van der Waals surface area contributed by atoms with Crippen molar-refractivity contribution in [2.45, 2.75) is 50.6 Å². The molecule has 0 amide bonds. The fourth-order valence-electron chi connectivity index (χ4n) is 5.02. The Morgan fingerprint density at radius 3 is 2.91 bits per heavy atom. The minimum absolute atomic E-state index is 0.00621. The summed E-state index contributed by atoms with van der Waals surface area (Å²) in [5.74, 6) is 2.07. The number of carbonyl (C=O) groups excluding carboxylic acids is 1. The Balaban J connectivity index is 1.67. The molecule has 3 aliphatic rings. The van der Waals surface area contributed by atoms with Crippen molar-refractivity contribution in [3.8, 4) is 0 Å². The normalized spacial score (nSPS) is 37.7. The quantitative estimate of drug-likeness (QED) is 0.863. The SMILES string of the molecule is CCC1CN(C)C2CC1CC(=O)C1Nc3ccccc3C1C2. The second-order valence-corrected chi connectivity index (χ2v) is 7.48. The Morgan fingerprint density at radius 1 is 1.27 bits per heavy atom. The van der Waals surface area contributed by atoms with Crippen LogP contribution >= 0.6 is 0 Å². The molecule has 3 heteroatoms. The zero-order chi connectivity index (χ0) is 15.3. The van der Waals surface area contributed by atoms with Crippen LogP contribution in [0.5, 0.6) is 0 Å². The fourth-order valence-corrected chi connectivity index (χ4v) is 5.02. The molecule has 1 aliphatic carbocycles. The van der Waals surface area contributed by atoms with E-state index >= 15 is 0 Å². The first-order chi connectivity index (χ1) is 10.7. The average molecular weight is 298 g/mol. The third-order valence-corrected chi connectivity index (χ3v) is 6.32. The van der Waals surface area contributed by atoms with Crippen molar-refractivity contribution in [1.29, 1.82) is 0 Å². The van der Waals surface area contributed by atoms with Gasteiger partial charge in [-0.05, 0) is 43.4 Å². The van der Waals surface area contributed by atoms with E-state index in [0.717, 1.165) is 19.4 Å². The highest BCUT2D eigenvalue weighted by Gasteiger charge is 2.44. The van der Waals surface area contributed by atoms with Crippen molar-refractivity contribution < 1.29 is 4.79 Å². The molecule has 5 unspecified atom stereocenters. The van der Waals surface area contributed by atoms with Crippen molar-refractivity contribution in [2.24, 2.45) is 11.8 Å². The van der Waals surface area contributed by atoms with Gasteiger partial charge in [0.25, 0.3) is 0 Å². The van der Waals surface area contributed by atoms with Gasteiger partial charge in [-0.25, -0.2) is 0 Å². The number of para-hydroxylation sites is 1. The molecular weight excluding hydrogens is 272 g/mol. The van der Waals surface area contributed by atoms with Crippen molar-refractivity contribution >= 4 is 11.5 Å². The van der Waals surface area contributed by atoms with E-state index in [0.29, 0.717) is 29.6 Å². The Bertz CT molecular complexity index is 585. The van der Waals surface area contributed by atoms with Gasteiger partial charge in [0.15, 0.2) is 5.78 Å². The molecule has 0 spiro atoms. The summed E-state index contributed by atoms with van der Waals surface area (Å²) in [7, 11) is 2.27. The number of rotatable bonds is 1. The molecule has 1 aromatic rings. The van der Waals surface area contributed by atoms with Gasteiger partial charge >= 0.3 is 0 Å². The van der Waals surface area contributed by atoms with Crippen LogP contribution in [0.4, 0.5) is 5.69 Å². The van der Waals surface area contributed by atoms with E-state index in [2.05, 4.69) is 48.5 Å². The van der Waals surface area contributed by atoms with Gasteiger partial charge in [0.05, 0.1) is 6.04 Å². The second kappa shape index (κ2) is 5.38. The minimum Gasteiger partial charge on any atom is -0.375 e. The van der Waals surface area contributed by atoms with E-state index in [1.807, 2.05) is 0 Å². The lowest BCUT2D eigenvalue weighted by Gasteiger charge is -2.45. The highest BCUT2D eigenvalue weighted by molar-refractivity contribution is 5.90. The number of hydrogen-bond acceptors (Lipinski definition) is 3. The maximum absolute atomic E-state index is 12.9. The molecule has 1 N–H and O–H groups in total. The first-order valence-corrected chi connectivity index (χ1v) is 8.75. The number of anilines is 1. The summed E-state index contributed by atoms with van der Waals surface area (Å²) in [6.07, 6.45) is 4.28. The number of Topliss-reactive ketones (excluding diaryl/α,β-unsaturated/α-hetero) is 1. The van der Waals surface area contributed by atoms with Gasteiger partial charge in [-0.2, -0.15) is 0 Å². The first kappa shape index (κ1) is 14.3. The number of hydrogen-bond donors (Lipinski definition) is 1. The van der Waals surface area contributed by atoms with Gasteiger partial charge in [0.1, 0.15) is 0 Å². The summed E-state index contributed by atoms with van der Waals surface area (Å²) in [6.45, 7) is 3.43. The van der Waals surface area contributed by atoms with Crippen LogP contribution < -0.4 is 5.32 Å². The minimum atomic E-state index is 0.00621. The summed E-state index contributed by atoms with van der Waals surface area (Å²) in [5, 5.41) is 3.52. The summed E-state index contributed by atoms with van der Waals surface area (Å²) in [5.41, 5.74) is 2.53. The van der Waals surface area contributed by atoms with Crippen molar-refractivity contribution in [2.75, 3.05) is 18.9 Å². The van der Waals surface area contributed by atoms with Crippen LogP contribution in [0.3, 0.4) is 0 Å². The number of nitrogens with one attached hydrogen (secondary N) is 1. The molecule has 2 aliphatic heterocycles. The predicted octanol–water partition coefficient (Wildman–Crippen LogP) is 3.27. The Morgan fingerprint density at radius 2 is 2.09 bits per heavy atom. The van der Waals surface area contributed by atoms with E-state index < -0.39 is 0 Å². The Kier molecular flexibility index (Phi) is 3.48. The van der Waals surface area contributed by atoms with Gasteiger partial charge in [0, 0.05) is 30.6 Å². The van der Waals surface area contributed by atoms with Crippen LogP contribution in [0, 0.1) is 11.8 Å². The smallest absolute Gasteiger partial charge is 0.155 e. The lowest BCUT2D eigenvalue weighted by atomic mass is 9.71. The monoisotopic (exact) mass is 298 g/mol. The zero-order valence-electron chi connectivity index (χ0n) is 13.6. The van der Waals surface area contributed by atoms with E-state index in [-0.39, 0.29) is 6.04 Å². The number of piperidine rings is 1. The lowest BCUT2D eigenvalue weighted by molar-refractivity contribution is -0.123. The number of ketones is 1. The molecular formula is C19H26N2O. The van der Waals surface area contributed by atoms with E-state index in [1.54, 1.807) is 0 Å². The van der Waals surface area contributed by atoms with E-state index in [4.69, 9.17) is 0 Å². The molecule has 1 saturated carbocycles. The van der Waals surface area contributed by atoms with Crippen molar-refractivity contribution in [3.63, 3.8) is 0 Å². The lowest BCUT2D eigenvalue weighted by Crippen LogP contribution is -2.49. The molecule has 118 valence electrons. The summed E-state index contributed by atoms with van der Waals surface area (Å²) in [4.78, 5) is 15.4. The third-order valence-electron chi connectivity index (χ3n) is 6.32. The fraction of sp³-hybridized carbons (Fsp3) is 0.632. The molecule has 1 aromatic carbocycles. The first-order valence-electron chi connectivity index (χ1n) is 8.75. The molecule has 22 heavy (non-hydrogen) atoms. The molecule has 0 radical (unpaired) electrons. The largest absolute Gasteiger partial charge is 0.375 e. The summed E-state index contributed by atoms with van der Waals surface area (Å²) < 4.78 is 0. The second-order valence-electron chi connectivity index (χ2n) is 7.48. The van der Waals surface area contributed by atoms with Crippen LogP contribution in [-0.4, -0.2) is 36.4 Å². The molecule has 2 heterocycles. The Labute approximate surface area is 133 Å². The number of carbonyl (C=O) groups is 1.